The third-order valence-corrected chi connectivity index (χ3v) is 4.92. The van der Waals surface area contributed by atoms with Crippen LogP contribution in [0.15, 0.2) is 47.6 Å². The molecule has 1 aliphatic rings. The first-order valence-corrected chi connectivity index (χ1v) is 9.63. The number of phenols is 1. The summed E-state index contributed by atoms with van der Waals surface area (Å²) in [5.74, 6) is -0.656. The highest BCUT2D eigenvalue weighted by Crippen LogP contribution is 2.20. The number of halogens is 1. The van der Waals surface area contributed by atoms with Gasteiger partial charge in [-0.3, -0.25) is 9.59 Å². The Morgan fingerprint density at radius 3 is 2.43 bits per heavy atom. The van der Waals surface area contributed by atoms with Crippen LogP contribution in [-0.2, 0) is 0 Å². The smallest absolute Gasteiger partial charge is 0.272 e. The minimum Gasteiger partial charge on any atom is -0.508 e. The predicted octanol–water partition coefficient (Wildman–Crippen LogP) is 3.87. The van der Waals surface area contributed by atoms with Crippen LogP contribution in [0.5, 0.6) is 5.75 Å². The number of phenolic OH excluding ortho intramolecular Hbond substituents is 1. The molecule has 0 saturated heterocycles. The molecule has 6 nitrogen and oxygen atoms in total. The lowest BCUT2D eigenvalue weighted by atomic mass is 9.95. The number of nitrogens with zero attached hydrogens (tertiary/aromatic N) is 1. The lowest BCUT2D eigenvalue weighted by Gasteiger charge is -2.23. The Morgan fingerprint density at radius 1 is 1.00 bits per heavy atom. The molecule has 0 heterocycles. The predicted molar refractivity (Wildman–Crippen MR) is 109 cm³/mol. The van der Waals surface area contributed by atoms with Crippen LogP contribution in [0.3, 0.4) is 0 Å². The van der Waals surface area contributed by atoms with E-state index in [1.165, 1.54) is 30.8 Å². The fourth-order valence-electron chi connectivity index (χ4n) is 3.20. The van der Waals surface area contributed by atoms with Crippen molar-refractivity contribution in [3.63, 3.8) is 0 Å². The van der Waals surface area contributed by atoms with Crippen LogP contribution in [0.4, 0.5) is 0 Å². The van der Waals surface area contributed by atoms with Crippen molar-refractivity contribution in [1.29, 1.82) is 0 Å². The molecule has 1 aliphatic carbocycles. The Labute approximate surface area is 168 Å². The molecule has 28 heavy (non-hydrogen) atoms. The first-order valence-electron chi connectivity index (χ1n) is 9.26. The van der Waals surface area contributed by atoms with Gasteiger partial charge in [0.1, 0.15) is 5.75 Å². The maximum atomic E-state index is 12.7. The monoisotopic (exact) mass is 399 g/mol. The average molecular weight is 400 g/mol. The van der Waals surface area contributed by atoms with Gasteiger partial charge in [0.15, 0.2) is 0 Å². The van der Waals surface area contributed by atoms with Gasteiger partial charge in [0.25, 0.3) is 11.8 Å². The fourth-order valence-corrected chi connectivity index (χ4v) is 3.37. The molecule has 3 N–H and O–H groups in total. The maximum absolute atomic E-state index is 12.7. The number of carbonyl (C=O) groups excluding carboxylic acids is 2. The average Bonchev–Trinajstić information content (AvgIpc) is 2.70. The van der Waals surface area contributed by atoms with Gasteiger partial charge in [-0.05, 0) is 60.9 Å². The lowest BCUT2D eigenvalue weighted by molar-refractivity contribution is 0.0904. The maximum Gasteiger partial charge on any atom is 0.272 e. The second kappa shape index (κ2) is 9.37. The number of aromatic hydroxyl groups is 1. The number of benzene rings is 2. The molecule has 1 saturated carbocycles. The summed E-state index contributed by atoms with van der Waals surface area (Å²) in [6.07, 6.45) is 6.76. The van der Waals surface area contributed by atoms with Crippen molar-refractivity contribution in [3.8, 4) is 5.75 Å². The van der Waals surface area contributed by atoms with Crippen molar-refractivity contribution in [2.24, 2.45) is 5.10 Å². The molecule has 0 atom stereocenters. The van der Waals surface area contributed by atoms with E-state index in [0.717, 1.165) is 25.7 Å². The third-order valence-electron chi connectivity index (χ3n) is 4.68. The van der Waals surface area contributed by atoms with E-state index in [4.69, 9.17) is 11.6 Å². The summed E-state index contributed by atoms with van der Waals surface area (Å²) in [6, 6.07) is 11.1. The first-order chi connectivity index (χ1) is 13.5. The van der Waals surface area contributed by atoms with E-state index in [1.807, 2.05) is 0 Å². The van der Waals surface area contributed by atoms with E-state index in [1.54, 1.807) is 24.3 Å². The summed E-state index contributed by atoms with van der Waals surface area (Å²) >= 11 is 6.03. The molecular formula is C21H22ClN3O3. The molecule has 0 spiro atoms. The molecule has 0 aromatic heterocycles. The molecule has 0 bridgehead atoms. The van der Waals surface area contributed by atoms with Crippen molar-refractivity contribution >= 4 is 29.6 Å². The summed E-state index contributed by atoms with van der Waals surface area (Å²) in [5, 5.41) is 16.6. The number of amides is 2. The zero-order valence-corrected chi connectivity index (χ0v) is 16.1. The van der Waals surface area contributed by atoms with Gasteiger partial charge in [0.2, 0.25) is 0 Å². The van der Waals surface area contributed by atoms with Crippen molar-refractivity contribution in [2.45, 2.75) is 38.1 Å². The summed E-state index contributed by atoms with van der Waals surface area (Å²) in [5.41, 5.74) is 3.57. The standard InChI is InChI=1S/C21H22ClN3O3/c22-15-8-11-18(20(27)24-16-4-2-1-3-5-16)19(12-15)21(28)25-23-13-14-6-9-17(26)10-7-14/h6-13,16,26H,1-5H2,(H,24,27)(H,25,28)/b23-13+. The van der Waals surface area contributed by atoms with E-state index in [2.05, 4.69) is 15.8 Å². The minimum absolute atomic E-state index is 0.139. The van der Waals surface area contributed by atoms with E-state index in [-0.39, 0.29) is 28.8 Å². The number of carbonyl (C=O) groups is 2. The highest BCUT2D eigenvalue weighted by Gasteiger charge is 2.21. The summed E-state index contributed by atoms with van der Waals surface area (Å²) in [4.78, 5) is 25.2. The number of hydrogen-bond donors (Lipinski definition) is 3. The number of nitrogens with one attached hydrogen (secondary N) is 2. The van der Waals surface area contributed by atoms with Crippen LogP contribution in [-0.4, -0.2) is 29.2 Å². The van der Waals surface area contributed by atoms with Gasteiger partial charge < -0.3 is 10.4 Å². The zero-order chi connectivity index (χ0) is 19.9. The Hall–Kier alpha value is -2.86. The molecular weight excluding hydrogens is 378 g/mol. The van der Waals surface area contributed by atoms with Crippen molar-refractivity contribution in [3.05, 3.63) is 64.2 Å². The Balaban J connectivity index is 1.70. The van der Waals surface area contributed by atoms with Crippen molar-refractivity contribution < 1.29 is 14.7 Å². The van der Waals surface area contributed by atoms with Crippen LogP contribution >= 0.6 is 11.6 Å². The molecule has 2 aromatic rings. The van der Waals surface area contributed by atoms with Crippen LogP contribution in [0.25, 0.3) is 0 Å². The Kier molecular flexibility index (Phi) is 6.66. The van der Waals surface area contributed by atoms with E-state index in [9.17, 15) is 14.7 Å². The SMILES string of the molecule is O=C(N/N=C/c1ccc(O)cc1)c1cc(Cl)ccc1C(=O)NC1CCCCC1. The molecule has 0 radical (unpaired) electrons. The Morgan fingerprint density at radius 2 is 1.71 bits per heavy atom. The van der Waals surface area contributed by atoms with E-state index in [0.29, 0.717) is 10.6 Å². The lowest BCUT2D eigenvalue weighted by Crippen LogP contribution is -2.37. The van der Waals surface area contributed by atoms with E-state index >= 15 is 0 Å². The van der Waals surface area contributed by atoms with Gasteiger partial charge in [-0.1, -0.05) is 30.9 Å². The second-order valence-electron chi connectivity index (χ2n) is 6.79. The summed E-state index contributed by atoms with van der Waals surface area (Å²) in [7, 11) is 0. The molecule has 3 rings (SSSR count). The van der Waals surface area contributed by atoms with Gasteiger partial charge in [0.05, 0.1) is 17.3 Å². The Bertz CT molecular complexity index is 875. The van der Waals surface area contributed by atoms with Crippen molar-refractivity contribution in [2.75, 3.05) is 0 Å². The summed E-state index contributed by atoms with van der Waals surface area (Å²) in [6.45, 7) is 0. The molecule has 0 unspecified atom stereocenters. The van der Waals surface area contributed by atoms with Crippen LogP contribution in [0.2, 0.25) is 5.02 Å². The highest BCUT2D eigenvalue weighted by atomic mass is 35.5. The van der Waals surface area contributed by atoms with Crippen LogP contribution < -0.4 is 10.7 Å². The number of hydrazone groups is 1. The quantitative estimate of drug-likeness (QED) is 0.526. The molecule has 2 amide bonds. The minimum atomic E-state index is -0.522. The molecule has 2 aromatic carbocycles. The number of hydrogen-bond acceptors (Lipinski definition) is 4. The molecule has 146 valence electrons. The second-order valence-corrected chi connectivity index (χ2v) is 7.23. The first kappa shape index (κ1) is 19.9. The highest BCUT2D eigenvalue weighted by molar-refractivity contribution is 6.31. The van der Waals surface area contributed by atoms with Gasteiger partial charge in [-0.15, -0.1) is 0 Å². The third kappa shape index (κ3) is 5.33. The molecule has 1 fully saturated rings. The molecule has 0 aliphatic heterocycles. The van der Waals surface area contributed by atoms with Gasteiger partial charge in [0, 0.05) is 11.1 Å². The van der Waals surface area contributed by atoms with Gasteiger partial charge in [-0.2, -0.15) is 5.10 Å². The number of rotatable bonds is 5. The van der Waals surface area contributed by atoms with Crippen LogP contribution in [0, 0.1) is 0 Å². The fraction of sp³-hybridized carbons (Fsp3) is 0.286. The topological polar surface area (TPSA) is 90.8 Å². The normalized spacial score (nSPS) is 14.8. The van der Waals surface area contributed by atoms with Crippen molar-refractivity contribution in [1.82, 2.24) is 10.7 Å². The molecule has 7 heteroatoms. The summed E-state index contributed by atoms with van der Waals surface area (Å²) < 4.78 is 0. The van der Waals surface area contributed by atoms with Gasteiger partial charge in [-0.25, -0.2) is 5.43 Å². The van der Waals surface area contributed by atoms with E-state index < -0.39 is 5.91 Å². The van der Waals surface area contributed by atoms with Gasteiger partial charge >= 0.3 is 0 Å². The largest absolute Gasteiger partial charge is 0.508 e. The van der Waals surface area contributed by atoms with Crippen LogP contribution in [0.1, 0.15) is 58.4 Å². The zero-order valence-electron chi connectivity index (χ0n) is 15.3.